The molecule has 0 aliphatic carbocycles. The predicted octanol–water partition coefficient (Wildman–Crippen LogP) is 3.43. The first-order valence-electron chi connectivity index (χ1n) is 4.19. The minimum Gasteiger partial charge on any atom is -0.207 e. The van der Waals surface area contributed by atoms with Crippen LogP contribution in [0, 0.1) is 17.7 Å². The average Bonchev–Trinajstić information content (AvgIpc) is 2.23. The van der Waals surface area contributed by atoms with Gasteiger partial charge in [0.1, 0.15) is 11.6 Å². The first kappa shape index (κ1) is 8.88. The van der Waals surface area contributed by atoms with Gasteiger partial charge in [-0.3, -0.25) is 0 Å². The van der Waals surface area contributed by atoms with Crippen LogP contribution in [-0.2, 0) is 0 Å². The van der Waals surface area contributed by atoms with Crippen molar-refractivity contribution < 1.29 is 8.78 Å². The highest BCUT2D eigenvalue weighted by atomic mass is 19.1. The second-order valence-corrected chi connectivity index (χ2v) is 2.90. The van der Waals surface area contributed by atoms with E-state index in [0.29, 0.717) is 5.56 Å². The van der Waals surface area contributed by atoms with Crippen LogP contribution in [-0.4, -0.2) is 0 Å². The van der Waals surface area contributed by atoms with Crippen LogP contribution < -0.4 is 0 Å². The molecule has 0 spiro atoms. The van der Waals surface area contributed by atoms with Crippen molar-refractivity contribution in [2.24, 2.45) is 0 Å². The van der Waals surface area contributed by atoms with E-state index in [2.05, 4.69) is 6.07 Å². The molecule has 0 aliphatic heterocycles. The largest absolute Gasteiger partial charge is 0.207 e. The van der Waals surface area contributed by atoms with Gasteiger partial charge in [0.25, 0.3) is 0 Å². The third-order valence-corrected chi connectivity index (χ3v) is 1.93. The molecule has 0 nitrogen and oxygen atoms in total. The minimum atomic E-state index is -0.446. The summed E-state index contributed by atoms with van der Waals surface area (Å²) in [5.41, 5.74) is 0.801. The van der Waals surface area contributed by atoms with Gasteiger partial charge in [-0.1, -0.05) is 24.3 Å². The summed E-state index contributed by atoms with van der Waals surface area (Å²) in [5.74, 6) is -0.882. The fourth-order valence-corrected chi connectivity index (χ4v) is 1.26. The molecule has 0 atom stereocenters. The second-order valence-electron chi connectivity index (χ2n) is 2.90. The Hall–Kier alpha value is -1.70. The molecule has 0 unspecified atom stereocenters. The summed E-state index contributed by atoms with van der Waals surface area (Å²) < 4.78 is 26.1. The van der Waals surface area contributed by atoms with Crippen LogP contribution in [0.25, 0.3) is 11.1 Å². The van der Waals surface area contributed by atoms with Gasteiger partial charge in [0.2, 0.25) is 0 Å². The van der Waals surface area contributed by atoms with Crippen molar-refractivity contribution in [3.63, 3.8) is 0 Å². The number of rotatable bonds is 1. The molecular weight excluding hydrogens is 182 g/mol. The van der Waals surface area contributed by atoms with Gasteiger partial charge in [-0.15, -0.1) is 0 Å². The van der Waals surface area contributed by atoms with Gasteiger partial charge in [0.05, 0.1) is 0 Å². The van der Waals surface area contributed by atoms with Crippen molar-refractivity contribution in [2.75, 3.05) is 0 Å². The fraction of sp³-hybridized carbons (Fsp3) is 0. The van der Waals surface area contributed by atoms with Crippen molar-refractivity contribution >= 4 is 0 Å². The zero-order chi connectivity index (χ0) is 9.97. The molecule has 0 saturated carbocycles. The Balaban J connectivity index is 2.57. The van der Waals surface area contributed by atoms with E-state index < -0.39 is 11.6 Å². The first-order chi connectivity index (χ1) is 6.77. The van der Waals surface area contributed by atoms with Gasteiger partial charge >= 0.3 is 0 Å². The Morgan fingerprint density at radius 2 is 1.86 bits per heavy atom. The van der Waals surface area contributed by atoms with Crippen molar-refractivity contribution in [3.8, 4) is 11.1 Å². The van der Waals surface area contributed by atoms with Crippen LogP contribution in [0.5, 0.6) is 0 Å². The van der Waals surface area contributed by atoms with Crippen molar-refractivity contribution in [1.82, 2.24) is 0 Å². The lowest BCUT2D eigenvalue weighted by molar-refractivity contribution is 0.603. The third-order valence-electron chi connectivity index (χ3n) is 1.93. The molecule has 0 aromatic heterocycles. The van der Waals surface area contributed by atoms with E-state index in [-0.39, 0.29) is 5.56 Å². The lowest BCUT2D eigenvalue weighted by Gasteiger charge is -2.02. The van der Waals surface area contributed by atoms with Crippen LogP contribution in [0.3, 0.4) is 0 Å². The Morgan fingerprint density at radius 3 is 2.57 bits per heavy atom. The zero-order valence-corrected chi connectivity index (χ0v) is 7.30. The summed E-state index contributed by atoms with van der Waals surface area (Å²) in [6.45, 7) is 0. The van der Waals surface area contributed by atoms with Crippen LogP contribution in [0.2, 0.25) is 0 Å². The normalized spacial score (nSPS) is 10.1. The Bertz CT molecular complexity index is 435. The molecule has 69 valence electrons. The summed E-state index contributed by atoms with van der Waals surface area (Å²) in [4.78, 5) is 0. The van der Waals surface area contributed by atoms with Crippen molar-refractivity contribution in [1.29, 1.82) is 0 Å². The predicted molar refractivity (Wildman–Crippen MR) is 50.6 cm³/mol. The number of hydrogen-bond donors (Lipinski definition) is 0. The highest BCUT2D eigenvalue weighted by Gasteiger charge is 2.05. The third kappa shape index (κ3) is 1.64. The molecule has 0 bridgehead atoms. The summed E-state index contributed by atoms with van der Waals surface area (Å²) in [6.07, 6.45) is 0. The molecule has 0 amide bonds. The lowest BCUT2D eigenvalue weighted by atomic mass is 10.1. The smallest absolute Gasteiger partial charge is 0.131 e. The highest BCUT2D eigenvalue weighted by Crippen LogP contribution is 2.22. The van der Waals surface area contributed by atoms with E-state index >= 15 is 0 Å². The van der Waals surface area contributed by atoms with Crippen LogP contribution in [0.1, 0.15) is 0 Å². The summed E-state index contributed by atoms with van der Waals surface area (Å²) in [7, 11) is 0. The molecule has 2 heteroatoms. The number of hydrogen-bond acceptors (Lipinski definition) is 0. The molecule has 2 aromatic carbocycles. The molecule has 0 N–H and O–H groups in total. The van der Waals surface area contributed by atoms with Crippen LogP contribution in [0.4, 0.5) is 8.78 Å². The summed E-state index contributed by atoms with van der Waals surface area (Å²) >= 11 is 0. The molecule has 0 heterocycles. The maximum Gasteiger partial charge on any atom is 0.131 e. The van der Waals surface area contributed by atoms with Gasteiger partial charge in [-0.25, -0.2) is 8.78 Å². The van der Waals surface area contributed by atoms with Gasteiger partial charge in [0.15, 0.2) is 0 Å². The molecule has 0 saturated heterocycles. The van der Waals surface area contributed by atoms with Gasteiger partial charge in [-0.05, 0) is 29.8 Å². The second kappa shape index (κ2) is 3.58. The maximum atomic E-state index is 13.3. The zero-order valence-electron chi connectivity index (χ0n) is 7.30. The van der Waals surface area contributed by atoms with Gasteiger partial charge in [0, 0.05) is 5.56 Å². The van der Waals surface area contributed by atoms with Crippen molar-refractivity contribution in [3.05, 3.63) is 60.2 Å². The molecule has 2 aromatic rings. The Morgan fingerprint density at radius 1 is 1.00 bits per heavy atom. The van der Waals surface area contributed by atoms with Crippen LogP contribution >= 0.6 is 0 Å². The molecule has 0 aliphatic rings. The quantitative estimate of drug-likeness (QED) is 0.644. The standard InChI is InChI=1S/C12H7F2/c13-10-6-7-12(14)11(8-10)9-4-2-1-3-5-9/h1-4,6-8H. The molecule has 14 heavy (non-hydrogen) atoms. The topological polar surface area (TPSA) is 0 Å². The minimum absolute atomic E-state index is 0.241. The first-order valence-corrected chi connectivity index (χ1v) is 4.19. The van der Waals surface area contributed by atoms with E-state index in [0.717, 1.165) is 12.1 Å². The molecule has 2 rings (SSSR count). The van der Waals surface area contributed by atoms with Crippen LogP contribution in [0.15, 0.2) is 42.5 Å². The van der Waals surface area contributed by atoms with Gasteiger partial charge < -0.3 is 0 Å². The van der Waals surface area contributed by atoms with E-state index in [1.807, 2.05) is 0 Å². The Kier molecular flexibility index (Phi) is 2.27. The average molecular weight is 189 g/mol. The van der Waals surface area contributed by atoms with Gasteiger partial charge in [-0.2, -0.15) is 0 Å². The molecule has 0 fully saturated rings. The van der Waals surface area contributed by atoms with E-state index in [1.165, 1.54) is 6.07 Å². The highest BCUT2D eigenvalue weighted by molar-refractivity contribution is 5.63. The summed E-state index contributed by atoms with van der Waals surface area (Å²) in [6, 6.07) is 13.1. The number of halogens is 2. The SMILES string of the molecule is Fc1ccc(F)c(-c2[c]cccc2)c1. The van der Waals surface area contributed by atoms with E-state index in [9.17, 15) is 8.78 Å². The molecule has 1 radical (unpaired) electrons. The monoisotopic (exact) mass is 189 g/mol. The maximum absolute atomic E-state index is 13.3. The molecular formula is C12H7F2. The summed E-state index contributed by atoms with van der Waals surface area (Å²) in [5, 5.41) is 0. The number of benzene rings is 2. The fourth-order valence-electron chi connectivity index (χ4n) is 1.26. The lowest BCUT2D eigenvalue weighted by Crippen LogP contribution is -1.85. The van der Waals surface area contributed by atoms with Crippen molar-refractivity contribution in [2.45, 2.75) is 0 Å². The van der Waals surface area contributed by atoms with E-state index in [4.69, 9.17) is 0 Å². The van der Waals surface area contributed by atoms with E-state index in [1.54, 1.807) is 24.3 Å². The Labute approximate surface area is 80.8 Å².